The predicted molar refractivity (Wildman–Crippen MR) is 129 cm³/mol. The van der Waals surface area contributed by atoms with E-state index in [2.05, 4.69) is 61.0 Å². The summed E-state index contributed by atoms with van der Waals surface area (Å²) in [5, 5.41) is 9.80. The zero-order chi connectivity index (χ0) is 21.0. The fourth-order valence-electron chi connectivity index (χ4n) is 5.19. The highest BCUT2D eigenvalue weighted by Crippen LogP contribution is 2.41. The fourth-order valence-corrected chi connectivity index (χ4v) is 6.82. The van der Waals surface area contributed by atoms with Crippen LogP contribution in [0.2, 0.25) is 19.6 Å². The molecular formula is C25H32N4Si. The quantitative estimate of drug-likeness (QED) is 0.419. The molecular weight excluding hydrogens is 384 g/mol. The van der Waals surface area contributed by atoms with Crippen molar-refractivity contribution in [2.75, 3.05) is 0 Å². The standard InChI is InChI=1S/C25H32N4Si/c1-16-6-8-17(9-7-16)22-23-21-12-18(20-14-27-29(2)15-20)10-11-19(21)13-26-24(23)28-25(22)30(3,4)5/h10-17H,6-9H2,1-5H3,(H,26,28). The lowest BCUT2D eigenvalue weighted by atomic mass is 9.79. The largest absolute Gasteiger partial charge is 0.347 e. The molecule has 1 saturated carbocycles. The van der Waals surface area contributed by atoms with Crippen LogP contribution in [0.4, 0.5) is 0 Å². The summed E-state index contributed by atoms with van der Waals surface area (Å²) >= 11 is 0. The molecule has 0 saturated heterocycles. The Morgan fingerprint density at radius 2 is 1.80 bits per heavy atom. The molecule has 5 rings (SSSR count). The third-order valence-electron chi connectivity index (χ3n) is 6.89. The number of aryl methyl sites for hydroxylation is 1. The van der Waals surface area contributed by atoms with Crippen LogP contribution in [0.3, 0.4) is 0 Å². The average Bonchev–Trinajstić information content (AvgIpc) is 3.32. The lowest BCUT2D eigenvalue weighted by Gasteiger charge is -2.29. The highest BCUT2D eigenvalue weighted by Gasteiger charge is 2.31. The lowest BCUT2D eigenvalue weighted by Crippen LogP contribution is -2.41. The number of pyridine rings is 1. The van der Waals surface area contributed by atoms with E-state index in [0.717, 1.165) is 11.6 Å². The summed E-state index contributed by atoms with van der Waals surface area (Å²) < 4.78 is 1.87. The van der Waals surface area contributed by atoms with E-state index in [9.17, 15) is 0 Å². The molecule has 0 spiro atoms. The third-order valence-corrected chi connectivity index (χ3v) is 8.78. The molecule has 3 aromatic heterocycles. The molecule has 0 aliphatic heterocycles. The molecule has 1 fully saturated rings. The smallest absolute Gasteiger partial charge is 0.138 e. The lowest BCUT2D eigenvalue weighted by molar-refractivity contribution is 0.350. The molecule has 4 aromatic rings. The molecule has 30 heavy (non-hydrogen) atoms. The molecule has 156 valence electrons. The number of hydrogen-bond acceptors (Lipinski definition) is 2. The van der Waals surface area contributed by atoms with Crippen LogP contribution in [0, 0.1) is 5.92 Å². The van der Waals surface area contributed by atoms with Crippen LogP contribution in [0.15, 0.2) is 36.8 Å². The number of hydrogen-bond donors (Lipinski definition) is 1. The Kier molecular flexibility index (Phi) is 4.62. The van der Waals surface area contributed by atoms with Crippen LogP contribution in [-0.4, -0.2) is 27.8 Å². The van der Waals surface area contributed by atoms with Gasteiger partial charge >= 0.3 is 0 Å². The highest BCUT2D eigenvalue weighted by molar-refractivity contribution is 6.88. The van der Waals surface area contributed by atoms with Gasteiger partial charge in [-0.3, -0.25) is 4.68 Å². The number of H-pyrrole nitrogens is 1. The Morgan fingerprint density at radius 1 is 1.03 bits per heavy atom. The molecule has 1 aliphatic carbocycles. The number of aromatic amines is 1. The molecule has 1 aliphatic rings. The predicted octanol–water partition coefficient (Wildman–Crippen LogP) is 5.96. The van der Waals surface area contributed by atoms with Gasteiger partial charge in [0.1, 0.15) is 5.65 Å². The Labute approximate surface area is 179 Å². The second kappa shape index (κ2) is 7.08. The van der Waals surface area contributed by atoms with Crippen LogP contribution in [-0.2, 0) is 7.05 Å². The van der Waals surface area contributed by atoms with E-state index in [0.29, 0.717) is 5.92 Å². The normalized spacial score (nSPS) is 20.3. The maximum atomic E-state index is 4.87. The number of rotatable bonds is 3. The summed E-state index contributed by atoms with van der Waals surface area (Å²) in [6.45, 7) is 9.77. The van der Waals surface area contributed by atoms with Gasteiger partial charge in [-0.05, 0) is 47.3 Å². The highest BCUT2D eigenvalue weighted by atomic mass is 28.3. The first kappa shape index (κ1) is 19.6. The molecule has 4 nitrogen and oxygen atoms in total. The van der Waals surface area contributed by atoms with Crippen molar-refractivity contribution in [1.82, 2.24) is 19.7 Å². The maximum Gasteiger partial charge on any atom is 0.138 e. The molecule has 0 amide bonds. The number of nitrogens with zero attached hydrogens (tertiary/aromatic N) is 3. The van der Waals surface area contributed by atoms with Crippen molar-refractivity contribution in [2.45, 2.75) is 58.2 Å². The van der Waals surface area contributed by atoms with Gasteiger partial charge in [0.25, 0.3) is 0 Å². The Hall–Kier alpha value is -2.40. The van der Waals surface area contributed by atoms with Crippen LogP contribution < -0.4 is 5.32 Å². The van der Waals surface area contributed by atoms with E-state index in [1.165, 1.54) is 58.3 Å². The summed E-state index contributed by atoms with van der Waals surface area (Å²) in [6.07, 6.45) is 11.3. The Balaban J connectivity index is 1.78. The Morgan fingerprint density at radius 3 is 2.47 bits per heavy atom. The second-order valence-electron chi connectivity index (χ2n) is 10.3. The van der Waals surface area contributed by atoms with Crippen molar-refractivity contribution in [3.8, 4) is 11.1 Å². The minimum absolute atomic E-state index is 0.645. The van der Waals surface area contributed by atoms with Crippen LogP contribution in [0.1, 0.15) is 44.1 Å². The SMILES string of the molecule is CC1CCC(c2c([Si](C)(C)C)[nH]c3ncc4ccc(-c5cnn(C)c5)cc4c23)CC1. The molecule has 0 radical (unpaired) electrons. The molecule has 1 N–H and O–H groups in total. The number of aromatic nitrogens is 4. The summed E-state index contributed by atoms with van der Waals surface area (Å²) in [5.74, 6) is 1.50. The van der Waals surface area contributed by atoms with Crippen LogP contribution in [0.5, 0.6) is 0 Å². The zero-order valence-corrected chi connectivity index (χ0v) is 19.8. The van der Waals surface area contributed by atoms with Crippen molar-refractivity contribution in [2.24, 2.45) is 13.0 Å². The second-order valence-corrected chi connectivity index (χ2v) is 15.3. The fraction of sp³-hybridized carbons (Fsp3) is 0.440. The van der Waals surface area contributed by atoms with Gasteiger partial charge in [-0.15, -0.1) is 0 Å². The zero-order valence-electron chi connectivity index (χ0n) is 18.8. The molecule has 5 heteroatoms. The minimum Gasteiger partial charge on any atom is -0.347 e. The summed E-state index contributed by atoms with van der Waals surface area (Å²) in [7, 11) is 0.441. The average molecular weight is 417 g/mol. The molecule has 0 bridgehead atoms. The molecule has 0 unspecified atom stereocenters. The minimum atomic E-state index is -1.53. The van der Waals surface area contributed by atoms with E-state index in [1.807, 2.05) is 24.1 Å². The van der Waals surface area contributed by atoms with E-state index in [4.69, 9.17) is 4.98 Å². The van der Waals surface area contributed by atoms with Crippen molar-refractivity contribution < 1.29 is 0 Å². The molecule has 0 atom stereocenters. The van der Waals surface area contributed by atoms with Gasteiger partial charge in [0.2, 0.25) is 0 Å². The topological polar surface area (TPSA) is 46.5 Å². The van der Waals surface area contributed by atoms with Crippen LogP contribution >= 0.6 is 0 Å². The van der Waals surface area contributed by atoms with Crippen molar-refractivity contribution in [3.63, 3.8) is 0 Å². The van der Waals surface area contributed by atoms with E-state index >= 15 is 0 Å². The monoisotopic (exact) mass is 416 g/mol. The van der Waals surface area contributed by atoms with Crippen molar-refractivity contribution in [3.05, 3.63) is 42.4 Å². The number of benzene rings is 1. The van der Waals surface area contributed by atoms with Gasteiger partial charge in [-0.2, -0.15) is 5.10 Å². The van der Waals surface area contributed by atoms with Crippen LogP contribution in [0.25, 0.3) is 32.9 Å². The van der Waals surface area contributed by atoms with Gasteiger partial charge < -0.3 is 4.98 Å². The molecule has 1 aromatic carbocycles. The summed E-state index contributed by atoms with van der Waals surface area (Å²) in [4.78, 5) is 8.67. The van der Waals surface area contributed by atoms with Gasteiger partial charge in [-0.25, -0.2) is 4.98 Å². The number of fused-ring (bicyclic) bond motifs is 3. The summed E-state index contributed by atoms with van der Waals surface area (Å²) in [5.41, 5.74) is 5.04. The van der Waals surface area contributed by atoms with E-state index in [1.54, 1.807) is 5.56 Å². The first-order valence-corrected chi connectivity index (χ1v) is 14.7. The van der Waals surface area contributed by atoms with E-state index < -0.39 is 8.07 Å². The van der Waals surface area contributed by atoms with Crippen molar-refractivity contribution >= 4 is 35.2 Å². The Bertz CT molecular complexity index is 1220. The maximum absolute atomic E-state index is 4.87. The van der Waals surface area contributed by atoms with Gasteiger partial charge in [0, 0.05) is 41.1 Å². The van der Waals surface area contributed by atoms with Gasteiger partial charge in [0.15, 0.2) is 0 Å². The number of nitrogens with one attached hydrogen (secondary N) is 1. The van der Waals surface area contributed by atoms with Crippen molar-refractivity contribution in [1.29, 1.82) is 0 Å². The first-order valence-electron chi connectivity index (χ1n) is 11.2. The van der Waals surface area contributed by atoms with Gasteiger partial charge in [-0.1, -0.05) is 51.5 Å². The van der Waals surface area contributed by atoms with Gasteiger partial charge in [0.05, 0.1) is 14.3 Å². The summed E-state index contributed by atoms with van der Waals surface area (Å²) in [6, 6.07) is 6.77. The first-order chi connectivity index (χ1) is 14.3. The van der Waals surface area contributed by atoms with E-state index in [-0.39, 0.29) is 0 Å². The molecule has 3 heterocycles. The third kappa shape index (κ3) is 3.29.